The van der Waals surface area contributed by atoms with Crippen LogP contribution in [-0.4, -0.2) is 33.0 Å². The summed E-state index contributed by atoms with van der Waals surface area (Å²) in [7, 11) is 0. The topological polar surface area (TPSA) is 57.7 Å². The standard InChI is InChI=1S/C20H19N5/c1-2-6-16-15(5-1)20(22-13-21-16)25-11-9-14(10-12-25)19-23-17-7-3-4-8-18(17)24-19/h1-8,13-14H,9-12H2,(H,23,24). The number of para-hydroxylation sites is 3. The van der Waals surface area contributed by atoms with Gasteiger partial charge < -0.3 is 9.88 Å². The number of imidazole rings is 1. The molecule has 1 aliphatic heterocycles. The van der Waals surface area contributed by atoms with Crippen molar-refractivity contribution < 1.29 is 0 Å². The van der Waals surface area contributed by atoms with Gasteiger partial charge in [-0.3, -0.25) is 0 Å². The van der Waals surface area contributed by atoms with Crippen LogP contribution in [0.1, 0.15) is 24.6 Å². The van der Waals surface area contributed by atoms with Gasteiger partial charge in [0.05, 0.1) is 16.6 Å². The van der Waals surface area contributed by atoms with Gasteiger partial charge in [-0.2, -0.15) is 0 Å². The first kappa shape index (κ1) is 14.4. The molecule has 1 N–H and O–H groups in total. The Labute approximate surface area is 145 Å². The molecule has 4 aromatic rings. The van der Waals surface area contributed by atoms with Crippen LogP contribution in [0, 0.1) is 0 Å². The molecule has 5 heteroatoms. The lowest BCUT2D eigenvalue weighted by molar-refractivity contribution is 0.488. The van der Waals surface area contributed by atoms with Gasteiger partial charge in [0, 0.05) is 24.4 Å². The summed E-state index contributed by atoms with van der Waals surface area (Å²) in [5, 5.41) is 1.13. The average molecular weight is 329 g/mol. The van der Waals surface area contributed by atoms with Gasteiger partial charge in [0.25, 0.3) is 0 Å². The van der Waals surface area contributed by atoms with E-state index in [4.69, 9.17) is 4.98 Å². The molecule has 0 saturated carbocycles. The van der Waals surface area contributed by atoms with Crippen LogP contribution in [-0.2, 0) is 0 Å². The quantitative estimate of drug-likeness (QED) is 0.606. The van der Waals surface area contributed by atoms with E-state index in [1.807, 2.05) is 24.3 Å². The molecule has 3 heterocycles. The van der Waals surface area contributed by atoms with Crippen LogP contribution in [0.5, 0.6) is 0 Å². The lowest BCUT2D eigenvalue weighted by Gasteiger charge is -2.32. The minimum atomic E-state index is 0.483. The van der Waals surface area contributed by atoms with Gasteiger partial charge >= 0.3 is 0 Å². The Balaban J connectivity index is 1.38. The molecule has 1 saturated heterocycles. The second kappa shape index (κ2) is 5.84. The molecule has 0 spiro atoms. The molecule has 124 valence electrons. The molecule has 0 atom stereocenters. The Hall–Kier alpha value is -2.95. The third-order valence-electron chi connectivity index (χ3n) is 5.11. The third-order valence-corrected chi connectivity index (χ3v) is 5.11. The fourth-order valence-corrected chi connectivity index (χ4v) is 3.77. The van der Waals surface area contributed by atoms with Crippen LogP contribution in [0.4, 0.5) is 5.82 Å². The van der Waals surface area contributed by atoms with Crippen LogP contribution < -0.4 is 4.90 Å². The number of rotatable bonds is 2. The minimum absolute atomic E-state index is 0.483. The van der Waals surface area contributed by atoms with Gasteiger partial charge in [-0.05, 0) is 37.1 Å². The SMILES string of the molecule is c1ccc2[nH]c(C3CCN(c4ncnc5ccccc45)CC3)nc2c1. The zero-order chi connectivity index (χ0) is 16.6. The highest BCUT2D eigenvalue weighted by Crippen LogP contribution is 2.31. The fourth-order valence-electron chi connectivity index (χ4n) is 3.77. The molecular formula is C20H19N5. The summed E-state index contributed by atoms with van der Waals surface area (Å²) >= 11 is 0. The molecule has 5 nitrogen and oxygen atoms in total. The van der Waals surface area contributed by atoms with Crippen molar-refractivity contribution in [3.8, 4) is 0 Å². The van der Waals surface area contributed by atoms with E-state index in [1.165, 1.54) is 0 Å². The molecule has 0 radical (unpaired) electrons. The number of aromatic nitrogens is 4. The molecular weight excluding hydrogens is 310 g/mol. The van der Waals surface area contributed by atoms with Crippen molar-refractivity contribution >= 4 is 27.8 Å². The summed E-state index contributed by atoms with van der Waals surface area (Å²) in [5.74, 6) is 2.65. The highest BCUT2D eigenvalue weighted by molar-refractivity contribution is 5.89. The lowest BCUT2D eigenvalue weighted by atomic mass is 9.96. The van der Waals surface area contributed by atoms with Crippen LogP contribution >= 0.6 is 0 Å². The van der Waals surface area contributed by atoms with E-state index in [0.29, 0.717) is 5.92 Å². The number of nitrogens with one attached hydrogen (secondary N) is 1. The van der Waals surface area contributed by atoms with Gasteiger partial charge in [0.2, 0.25) is 0 Å². The smallest absolute Gasteiger partial charge is 0.139 e. The number of nitrogens with zero attached hydrogens (tertiary/aromatic N) is 4. The van der Waals surface area contributed by atoms with E-state index in [2.05, 4.69) is 44.1 Å². The number of piperidine rings is 1. The first-order valence-electron chi connectivity index (χ1n) is 8.78. The number of hydrogen-bond acceptors (Lipinski definition) is 4. The molecule has 2 aromatic heterocycles. The Bertz CT molecular complexity index is 992. The van der Waals surface area contributed by atoms with Gasteiger partial charge in [0.15, 0.2) is 0 Å². The molecule has 0 unspecified atom stereocenters. The molecule has 0 bridgehead atoms. The summed E-state index contributed by atoms with van der Waals surface area (Å²) in [5.41, 5.74) is 3.19. The molecule has 0 amide bonds. The predicted molar refractivity (Wildman–Crippen MR) is 99.8 cm³/mol. The van der Waals surface area contributed by atoms with Crippen molar-refractivity contribution in [2.75, 3.05) is 18.0 Å². The van der Waals surface area contributed by atoms with Crippen LogP contribution in [0.2, 0.25) is 0 Å². The average Bonchev–Trinajstić information content (AvgIpc) is 3.12. The summed E-state index contributed by atoms with van der Waals surface area (Å²) in [6, 6.07) is 16.5. The van der Waals surface area contributed by atoms with E-state index in [1.54, 1.807) is 6.33 Å². The molecule has 2 aromatic carbocycles. The van der Waals surface area contributed by atoms with Gasteiger partial charge in [-0.25, -0.2) is 15.0 Å². The number of benzene rings is 2. The van der Waals surface area contributed by atoms with Crippen molar-refractivity contribution in [2.45, 2.75) is 18.8 Å². The maximum absolute atomic E-state index is 4.78. The Kier molecular flexibility index (Phi) is 3.37. The maximum Gasteiger partial charge on any atom is 0.139 e. The second-order valence-electron chi connectivity index (χ2n) is 6.61. The molecule has 0 aliphatic carbocycles. The first-order valence-corrected chi connectivity index (χ1v) is 8.78. The van der Waals surface area contributed by atoms with Crippen LogP contribution in [0.3, 0.4) is 0 Å². The molecule has 1 aliphatic rings. The lowest BCUT2D eigenvalue weighted by Crippen LogP contribution is -2.34. The molecule has 25 heavy (non-hydrogen) atoms. The number of aromatic amines is 1. The van der Waals surface area contributed by atoms with E-state index < -0.39 is 0 Å². The highest BCUT2D eigenvalue weighted by Gasteiger charge is 2.24. The number of fused-ring (bicyclic) bond motifs is 2. The van der Waals surface area contributed by atoms with Crippen LogP contribution in [0.15, 0.2) is 54.9 Å². The summed E-state index contributed by atoms with van der Waals surface area (Å²) in [6.45, 7) is 1.98. The second-order valence-corrected chi connectivity index (χ2v) is 6.61. The summed E-state index contributed by atoms with van der Waals surface area (Å²) < 4.78 is 0. The van der Waals surface area contributed by atoms with Crippen molar-refractivity contribution in [1.29, 1.82) is 0 Å². The van der Waals surface area contributed by atoms with E-state index in [9.17, 15) is 0 Å². The normalized spacial score (nSPS) is 15.9. The van der Waals surface area contributed by atoms with Crippen molar-refractivity contribution in [3.05, 3.63) is 60.7 Å². The Morgan fingerprint density at radius 1 is 0.880 bits per heavy atom. The molecule has 1 fully saturated rings. The highest BCUT2D eigenvalue weighted by atomic mass is 15.2. The monoisotopic (exact) mass is 329 g/mol. The van der Waals surface area contributed by atoms with Crippen molar-refractivity contribution in [3.63, 3.8) is 0 Å². The maximum atomic E-state index is 4.78. The van der Waals surface area contributed by atoms with E-state index in [0.717, 1.165) is 59.5 Å². The first-order chi connectivity index (χ1) is 12.4. The fraction of sp³-hybridized carbons (Fsp3) is 0.250. The minimum Gasteiger partial charge on any atom is -0.356 e. The summed E-state index contributed by atoms with van der Waals surface area (Å²) in [4.78, 5) is 19.6. The Morgan fingerprint density at radius 2 is 1.64 bits per heavy atom. The zero-order valence-electron chi connectivity index (χ0n) is 13.9. The largest absolute Gasteiger partial charge is 0.356 e. The Morgan fingerprint density at radius 3 is 2.48 bits per heavy atom. The number of anilines is 1. The van der Waals surface area contributed by atoms with Crippen LogP contribution in [0.25, 0.3) is 21.9 Å². The van der Waals surface area contributed by atoms with Gasteiger partial charge in [0.1, 0.15) is 18.0 Å². The van der Waals surface area contributed by atoms with Crippen molar-refractivity contribution in [2.24, 2.45) is 0 Å². The number of hydrogen-bond donors (Lipinski definition) is 1. The van der Waals surface area contributed by atoms with E-state index >= 15 is 0 Å². The predicted octanol–water partition coefficient (Wildman–Crippen LogP) is 3.89. The van der Waals surface area contributed by atoms with E-state index in [-0.39, 0.29) is 0 Å². The van der Waals surface area contributed by atoms with Gasteiger partial charge in [-0.15, -0.1) is 0 Å². The van der Waals surface area contributed by atoms with Crippen molar-refractivity contribution in [1.82, 2.24) is 19.9 Å². The summed E-state index contributed by atoms with van der Waals surface area (Å²) in [6.07, 6.45) is 3.83. The molecule has 5 rings (SSSR count). The number of H-pyrrole nitrogens is 1. The third kappa shape index (κ3) is 2.52. The van der Waals surface area contributed by atoms with Gasteiger partial charge in [-0.1, -0.05) is 24.3 Å². The zero-order valence-corrected chi connectivity index (χ0v) is 13.9.